The van der Waals surface area contributed by atoms with E-state index in [9.17, 15) is 9.18 Å². The lowest BCUT2D eigenvalue weighted by Crippen LogP contribution is -2.15. The number of nitriles is 1. The van der Waals surface area contributed by atoms with E-state index in [0.717, 1.165) is 5.56 Å². The van der Waals surface area contributed by atoms with Gasteiger partial charge in [0.2, 0.25) is 5.91 Å². The van der Waals surface area contributed by atoms with Gasteiger partial charge in [-0.2, -0.15) is 5.26 Å². The average molecular weight is 458 g/mol. The third kappa shape index (κ3) is 5.64. The van der Waals surface area contributed by atoms with Crippen LogP contribution < -0.4 is 5.32 Å². The lowest BCUT2D eigenvalue weighted by atomic mass is 10.1. The van der Waals surface area contributed by atoms with E-state index in [1.165, 1.54) is 17.8 Å². The molecule has 1 heterocycles. The summed E-state index contributed by atoms with van der Waals surface area (Å²) in [6.07, 6.45) is 0.709. The van der Waals surface area contributed by atoms with E-state index in [1.807, 2.05) is 41.0 Å². The minimum Gasteiger partial charge on any atom is -0.325 e. The van der Waals surface area contributed by atoms with Crippen LogP contribution in [0, 0.1) is 17.1 Å². The minimum atomic E-state index is -0.377. The van der Waals surface area contributed by atoms with Crippen LogP contribution in [-0.2, 0) is 17.8 Å². The van der Waals surface area contributed by atoms with Crippen molar-refractivity contribution in [2.45, 2.75) is 18.1 Å². The van der Waals surface area contributed by atoms with Gasteiger partial charge in [0, 0.05) is 12.2 Å². The number of halogens is 1. The van der Waals surface area contributed by atoms with Crippen molar-refractivity contribution in [2.24, 2.45) is 0 Å². The Bertz CT molecular complexity index is 1300. The van der Waals surface area contributed by atoms with Crippen molar-refractivity contribution in [3.8, 4) is 17.5 Å². The molecule has 0 aliphatic carbocycles. The molecule has 1 amide bonds. The Balaban J connectivity index is 1.52. The largest absolute Gasteiger partial charge is 0.325 e. The number of hydrogen-bond acceptors (Lipinski definition) is 5. The molecular weight excluding hydrogens is 437 g/mol. The van der Waals surface area contributed by atoms with Crippen LogP contribution in [0.15, 0.2) is 84.0 Å². The van der Waals surface area contributed by atoms with Crippen LogP contribution in [0.4, 0.5) is 10.1 Å². The second-order valence-electron chi connectivity index (χ2n) is 7.20. The second kappa shape index (κ2) is 10.6. The van der Waals surface area contributed by atoms with Gasteiger partial charge in [-0.25, -0.2) is 4.39 Å². The normalized spacial score (nSPS) is 10.5. The quantitative estimate of drug-likeness (QED) is 0.379. The molecule has 0 atom stereocenters. The highest BCUT2D eigenvalue weighted by Gasteiger charge is 2.18. The van der Waals surface area contributed by atoms with Gasteiger partial charge < -0.3 is 9.88 Å². The predicted molar refractivity (Wildman–Crippen MR) is 126 cm³/mol. The van der Waals surface area contributed by atoms with Gasteiger partial charge >= 0.3 is 0 Å². The van der Waals surface area contributed by atoms with E-state index in [1.54, 1.807) is 42.5 Å². The minimum absolute atomic E-state index is 0.0948. The predicted octanol–water partition coefficient (Wildman–Crippen LogP) is 4.93. The molecule has 33 heavy (non-hydrogen) atoms. The number of nitrogens with zero attached hydrogens (tertiary/aromatic N) is 4. The van der Waals surface area contributed by atoms with E-state index in [4.69, 9.17) is 5.26 Å². The number of rotatable bonds is 8. The van der Waals surface area contributed by atoms with Crippen molar-refractivity contribution in [3.63, 3.8) is 0 Å². The second-order valence-corrected chi connectivity index (χ2v) is 8.15. The Morgan fingerprint density at radius 2 is 1.82 bits per heavy atom. The van der Waals surface area contributed by atoms with Gasteiger partial charge in [-0.1, -0.05) is 60.3 Å². The van der Waals surface area contributed by atoms with Crippen LogP contribution in [0.25, 0.3) is 11.4 Å². The van der Waals surface area contributed by atoms with Gasteiger partial charge in [-0.05, 0) is 42.3 Å². The van der Waals surface area contributed by atoms with Gasteiger partial charge in [-0.15, -0.1) is 10.2 Å². The first-order valence-electron chi connectivity index (χ1n) is 10.3. The molecule has 1 aromatic heterocycles. The molecule has 0 saturated heterocycles. The molecule has 0 bridgehead atoms. The zero-order valence-electron chi connectivity index (χ0n) is 17.6. The number of nitrogens with one attached hydrogen (secondary N) is 1. The lowest BCUT2D eigenvalue weighted by Gasteiger charge is -2.11. The number of carbonyl (C=O) groups excluding carboxylic acids is 1. The summed E-state index contributed by atoms with van der Waals surface area (Å²) in [6, 6.07) is 25.2. The number of carbonyl (C=O) groups is 1. The fourth-order valence-electron chi connectivity index (χ4n) is 3.32. The van der Waals surface area contributed by atoms with E-state index < -0.39 is 0 Å². The first-order chi connectivity index (χ1) is 16.1. The molecule has 4 aromatic rings. The topological polar surface area (TPSA) is 83.6 Å². The summed E-state index contributed by atoms with van der Waals surface area (Å²) >= 11 is 1.23. The van der Waals surface area contributed by atoms with Crippen LogP contribution in [0.2, 0.25) is 0 Å². The third-order valence-electron chi connectivity index (χ3n) is 4.91. The van der Waals surface area contributed by atoms with Gasteiger partial charge in [-0.3, -0.25) is 4.79 Å². The maximum absolute atomic E-state index is 14.5. The third-order valence-corrected chi connectivity index (χ3v) is 5.87. The maximum Gasteiger partial charge on any atom is 0.234 e. The highest BCUT2D eigenvalue weighted by Crippen LogP contribution is 2.26. The number of anilines is 1. The molecule has 0 aliphatic heterocycles. The van der Waals surface area contributed by atoms with Gasteiger partial charge in [0.25, 0.3) is 0 Å². The lowest BCUT2D eigenvalue weighted by molar-refractivity contribution is -0.113. The van der Waals surface area contributed by atoms with E-state index in [0.29, 0.717) is 40.8 Å². The Hall–Kier alpha value is -3.96. The number of thioether (sulfide) groups is 1. The van der Waals surface area contributed by atoms with Crippen LogP contribution in [0.1, 0.15) is 11.1 Å². The average Bonchev–Trinajstić information content (AvgIpc) is 3.25. The Morgan fingerprint density at radius 3 is 2.61 bits per heavy atom. The number of aryl methyl sites for hydroxylation is 1. The fourth-order valence-corrected chi connectivity index (χ4v) is 4.08. The molecule has 0 saturated carbocycles. The van der Waals surface area contributed by atoms with Crippen molar-refractivity contribution in [1.82, 2.24) is 14.8 Å². The van der Waals surface area contributed by atoms with Crippen LogP contribution in [0.3, 0.4) is 0 Å². The summed E-state index contributed by atoms with van der Waals surface area (Å²) in [7, 11) is 0. The molecule has 4 rings (SSSR count). The number of benzene rings is 3. The number of amides is 1. The molecular formula is C25H20FN5OS. The summed E-state index contributed by atoms with van der Waals surface area (Å²) < 4.78 is 16.3. The van der Waals surface area contributed by atoms with Gasteiger partial charge in [0.15, 0.2) is 11.0 Å². The molecule has 0 spiro atoms. The van der Waals surface area contributed by atoms with Crippen molar-refractivity contribution >= 4 is 23.4 Å². The van der Waals surface area contributed by atoms with Gasteiger partial charge in [0.1, 0.15) is 5.82 Å². The van der Waals surface area contributed by atoms with E-state index in [2.05, 4.69) is 15.5 Å². The van der Waals surface area contributed by atoms with E-state index in [-0.39, 0.29) is 17.5 Å². The molecule has 0 radical (unpaired) electrons. The molecule has 3 aromatic carbocycles. The first-order valence-corrected chi connectivity index (χ1v) is 11.3. The maximum atomic E-state index is 14.5. The fraction of sp³-hybridized carbons (Fsp3) is 0.120. The molecule has 0 aliphatic rings. The monoisotopic (exact) mass is 457 g/mol. The van der Waals surface area contributed by atoms with E-state index >= 15 is 0 Å². The van der Waals surface area contributed by atoms with Crippen molar-refractivity contribution in [1.29, 1.82) is 5.26 Å². The molecule has 6 nitrogen and oxygen atoms in total. The van der Waals surface area contributed by atoms with Crippen molar-refractivity contribution < 1.29 is 9.18 Å². The first kappa shape index (κ1) is 22.2. The van der Waals surface area contributed by atoms with Crippen LogP contribution >= 0.6 is 11.8 Å². The Morgan fingerprint density at radius 1 is 1.03 bits per heavy atom. The smallest absolute Gasteiger partial charge is 0.234 e. The SMILES string of the molecule is N#Cc1cccc(NC(=O)CSc2nnc(-c3ccccc3F)n2CCc2ccccc2)c1. The Kier molecular flexibility index (Phi) is 7.12. The Labute approximate surface area is 195 Å². The van der Waals surface area contributed by atoms with Crippen LogP contribution in [0.5, 0.6) is 0 Å². The summed E-state index contributed by atoms with van der Waals surface area (Å²) in [5, 5.41) is 20.8. The highest BCUT2D eigenvalue weighted by molar-refractivity contribution is 7.99. The molecule has 0 unspecified atom stereocenters. The zero-order valence-corrected chi connectivity index (χ0v) is 18.4. The summed E-state index contributed by atoms with van der Waals surface area (Å²) in [5.41, 5.74) is 2.52. The van der Waals surface area contributed by atoms with Crippen LogP contribution in [-0.4, -0.2) is 26.4 Å². The number of hydrogen-bond donors (Lipinski definition) is 1. The van der Waals surface area contributed by atoms with Crippen molar-refractivity contribution in [3.05, 3.63) is 95.8 Å². The molecule has 0 fully saturated rings. The molecule has 164 valence electrons. The summed E-state index contributed by atoms with van der Waals surface area (Å²) in [5.74, 6) is -0.0938. The highest BCUT2D eigenvalue weighted by atomic mass is 32.2. The summed E-state index contributed by atoms with van der Waals surface area (Å²) in [6.45, 7) is 0.537. The zero-order chi connectivity index (χ0) is 23.0. The molecule has 8 heteroatoms. The molecule has 1 N–H and O–H groups in total. The van der Waals surface area contributed by atoms with Gasteiger partial charge in [0.05, 0.1) is 22.9 Å². The standard InChI is InChI=1S/C25H20FN5OS/c26-22-12-5-4-11-21(22)24-29-30-25(31(24)14-13-18-7-2-1-3-8-18)33-17-23(32)28-20-10-6-9-19(15-20)16-27/h1-12,15H,13-14,17H2,(H,28,32). The van der Waals surface area contributed by atoms with Crippen molar-refractivity contribution in [2.75, 3.05) is 11.1 Å². The number of aromatic nitrogens is 3. The summed E-state index contributed by atoms with van der Waals surface area (Å²) in [4.78, 5) is 12.5.